The van der Waals surface area contributed by atoms with Gasteiger partial charge in [0.05, 0.1) is 5.56 Å². The minimum atomic E-state index is -4.78. The molecule has 0 saturated carbocycles. The molecule has 0 unspecified atom stereocenters. The van der Waals surface area contributed by atoms with E-state index in [9.17, 15) is 18.0 Å². The Morgan fingerprint density at radius 1 is 1.19 bits per heavy atom. The molecule has 1 amide bonds. The van der Waals surface area contributed by atoms with E-state index < -0.39 is 24.2 Å². The fourth-order valence-electron chi connectivity index (χ4n) is 2.13. The first-order chi connectivity index (χ1) is 9.84. The van der Waals surface area contributed by atoms with Crippen LogP contribution in [0.3, 0.4) is 0 Å². The van der Waals surface area contributed by atoms with Gasteiger partial charge in [0.15, 0.2) is 5.71 Å². The molecular formula is C14H11F3N2O2. The zero-order chi connectivity index (χ0) is 15.6. The van der Waals surface area contributed by atoms with E-state index in [-0.39, 0.29) is 11.1 Å². The van der Waals surface area contributed by atoms with Crippen molar-refractivity contribution in [3.63, 3.8) is 0 Å². The number of hydrogen-bond acceptors (Lipinski definition) is 3. The van der Waals surface area contributed by atoms with Crippen LogP contribution in [0.4, 0.5) is 13.2 Å². The van der Waals surface area contributed by atoms with Crippen LogP contribution >= 0.6 is 0 Å². The summed E-state index contributed by atoms with van der Waals surface area (Å²) in [6, 6.07) is 9.67. The molecule has 0 aromatic heterocycles. The predicted octanol–water partition coefficient (Wildman–Crippen LogP) is 2.87. The maximum atomic E-state index is 12.6. The molecule has 0 atom stereocenters. The minimum Gasteiger partial charge on any atom is -0.411 e. The van der Waals surface area contributed by atoms with Crippen molar-refractivity contribution in [2.24, 2.45) is 10.9 Å². The number of nitrogens with two attached hydrogens (primary N) is 1. The van der Waals surface area contributed by atoms with Crippen LogP contribution in [0.5, 0.6) is 0 Å². The van der Waals surface area contributed by atoms with Crippen molar-refractivity contribution in [1.82, 2.24) is 0 Å². The highest BCUT2D eigenvalue weighted by atomic mass is 19.4. The quantitative estimate of drug-likeness (QED) is 0.519. The summed E-state index contributed by atoms with van der Waals surface area (Å²) in [7, 11) is 0. The average Bonchev–Trinajstić information content (AvgIpc) is 2.42. The predicted molar refractivity (Wildman–Crippen MR) is 71.4 cm³/mol. The molecule has 0 aliphatic carbocycles. The summed E-state index contributed by atoms with van der Waals surface area (Å²) in [4.78, 5) is 11.6. The van der Waals surface area contributed by atoms with Gasteiger partial charge in [0, 0.05) is 6.42 Å². The second-order valence-corrected chi connectivity index (χ2v) is 4.41. The highest BCUT2D eigenvalue weighted by Crippen LogP contribution is 2.26. The Balaban J connectivity index is 2.59. The summed E-state index contributed by atoms with van der Waals surface area (Å²) in [5, 5.41) is 11.9. The molecule has 4 nitrogen and oxygen atoms in total. The van der Waals surface area contributed by atoms with Gasteiger partial charge in [0.1, 0.15) is 0 Å². The van der Waals surface area contributed by atoms with Gasteiger partial charge in [-0.1, -0.05) is 41.6 Å². The molecule has 0 saturated heterocycles. The highest BCUT2D eigenvalue weighted by molar-refractivity contribution is 6.08. The van der Waals surface area contributed by atoms with Gasteiger partial charge >= 0.3 is 6.18 Å². The number of benzene rings is 2. The Hall–Kier alpha value is -2.57. The summed E-state index contributed by atoms with van der Waals surface area (Å²) in [5.74, 6) is -0.832. The molecule has 0 bridgehead atoms. The SMILES string of the molecule is NC(=O)c1c(CC(=NO)C(F)(F)F)ccc2ccccc12. The highest BCUT2D eigenvalue weighted by Gasteiger charge is 2.37. The largest absolute Gasteiger partial charge is 0.433 e. The number of halogens is 3. The molecule has 0 aliphatic rings. The van der Waals surface area contributed by atoms with E-state index in [1.807, 2.05) is 0 Å². The van der Waals surface area contributed by atoms with Crippen LogP contribution in [-0.2, 0) is 6.42 Å². The second kappa shape index (κ2) is 5.43. The number of nitrogens with zero attached hydrogens (tertiary/aromatic N) is 1. The number of carbonyl (C=O) groups excluding carboxylic acids is 1. The molecule has 110 valence electrons. The molecule has 2 aromatic rings. The van der Waals surface area contributed by atoms with Crippen LogP contribution in [0.25, 0.3) is 10.8 Å². The van der Waals surface area contributed by atoms with E-state index in [2.05, 4.69) is 5.16 Å². The van der Waals surface area contributed by atoms with Gasteiger partial charge in [-0.25, -0.2) is 0 Å². The molecular weight excluding hydrogens is 285 g/mol. The normalized spacial score (nSPS) is 12.6. The van der Waals surface area contributed by atoms with Gasteiger partial charge in [0.25, 0.3) is 0 Å². The Bertz CT molecular complexity index is 724. The van der Waals surface area contributed by atoms with Crippen LogP contribution in [0.1, 0.15) is 15.9 Å². The third-order valence-electron chi connectivity index (χ3n) is 3.07. The zero-order valence-electron chi connectivity index (χ0n) is 10.7. The third kappa shape index (κ3) is 2.96. The van der Waals surface area contributed by atoms with Crippen LogP contribution in [0, 0.1) is 0 Å². The molecule has 0 spiro atoms. The smallest absolute Gasteiger partial charge is 0.411 e. The van der Waals surface area contributed by atoms with Gasteiger partial charge in [-0.2, -0.15) is 13.2 Å². The maximum absolute atomic E-state index is 12.6. The van der Waals surface area contributed by atoms with Gasteiger partial charge < -0.3 is 10.9 Å². The lowest BCUT2D eigenvalue weighted by atomic mass is 9.95. The van der Waals surface area contributed by atoms with E-state index in [0.29, 0.717) is 10.8 Å². The topological polar surface area (TPSA) is 75.7 Å². The Morgan fingerprint density at radius 3 is 2.43 bits per heavy atom. The summed E-state index contributed by atoms with van der Waals surface area (Å²) < 4.78 is 37.9. The number of amides is 1. The van der Waals surface area contributed by atoms with Crippen molar-refractivity contribution in [1.29, 1.82) is 0 Å². The molecule has 0 heterocycles. The standard InChI is InChI=1S/C14H11F3N2O2/c15-14(16,17)11(19-21)7-9-6-5-8-3-1-2-4-10(8)12(9)13(18)20/h1-6,21H,7H2,(H2,18,20). The summed E-state index contributed by atoms with van der Waals surface area (Å²) in [6.45, 7) is 0. The number of carbonyl (C=O) groups is 1. The number of oxime groups is 1. The summed E-state index contributed by atoms with van der Waals surface area (Å²) >= 11 is 0. The third-order valence-corrected chi connectivity index (χ3v) is 3.07. The Labute approximate surface area is 117 Å². The van der Waals surface area contributed by atoms with Crippen LogP contribution in [0.15, 0.2) is 41.6 Å². The molecule has 21 heavy (non-hydrogen) atoms. The molecule has 2 rings (SSSR count). The molecule has 0 radical (unpaired) electrons. The lowest BCUT2D eigenvalue weighted by Crippen LogP contribution is -2.26. The van der Waals surface area contributed by atoms with Crippen molar-refractivity contribution in [2.45, 2.75) is 12.6 Å². The fraction of sp³-hybridized carbons (Fsp3) is 0.143. The molecule has 3 N–H and O–H groups in total. The van der Waals surface area contributed by atoms with E-state index >= 15 is 0 Å². The van der Waals surface area contributed by atoms with Crippen LogP contribution < -0.4 is 5.73 Å². The van der Waals surface area contributed by atoms with Crippen molar-refractivity contribution in [3.05, 3.63) is 47.5 Å². The van der Waals surface area contributed by atoms with Crippen molar-refractivity contribution in [2.75, 3.05) is 0 Å². The summed E-state index contributed by atoms with van der Waals surface area (Å²) in [6.07, 6.45) is -5.52. The van der Waals surface area contributed by atoms with E-state index in [1.165, 1.54) is 6.07 Å². The van der Waals surface area contributed by atoms with Crippen molar-refractivity contribution >= 4 is 22.4 Å². The fourth-order valence-corrected chi connectivity index (χ4v) is 2.13. The first kappa shape index (κ1) is 14.8. The van der Waals surface area contributed by atoms with Crippen LogP contribution in [0.2, 0.25) is 0 Å². The second-order valence-electron chi connectivity index (χ2n) is 4.41. The Kier molecular flexibility index (Phi) is 3.84. The molecule has 2 aromatic carbocycles. The number of hydrogen-bond donors (Lipinski definition) is 2. The van der Waals surface area contributed by atoms with Crippen LogP contribution in [-0.4, -0.2) is 23.0 Å². The van der Waals surface area contributed by atoms with Gasteiger partial charge in [-0.3, -0.25) is 4.79 Å². The van der Waals surface area contributed by atoms with E-state index in [0.717, 1.165) is 0 Å². The lowest BCUT2D eigenvalue weighted by molar-refractivity contribution is -0.0622. The van der Waals surface area contributed by atoms with Crippen molar-refractivity contribution in [3.8, 4) is 0 Å². The van der Waals surface area contributed by atoms with Gasteiger partial charge in [-0.15, -0.1) is 0 Å². The monoisotopic (exact) mass is 296 g/mol. The number of alkyl halides is 3. The van der Waals surface area contributed by atoms with E-state index in [1.54, 1.807) is 30.3 Å². The zero-order valence-corrected chi connectivity index (χ0v) is 10.7. The first-order valence-corrected chi connectivity index (χ1v) is 5.93. The molecule has 0 fully saturated rings. The average molecular weight is 296 g/mol. The summed E-state index contributed by atoms with van der Waals surface area (Å²) in [5.41, 5.74) is 3.96. The minimum absolute atomic E-state index is 0.00139. The molecule has 0 aliphatic heterocycles. The number of primary amides is 1. The maximum Gasteiger partial charge on any atom is 0.433 e. The number of fused-ring (bicyclic) bond motifs is 1. The Morgan fingerprint density at radius 2 is 1.86 bits per heavy atom. The van der Waals surface area contributed by atoms with Gasteiger partial charge in [0.2, 0.25) is 5.91 Å². The number of rotatable bonds is 3. The van der Waals surface area contributed by atoms with Gasteiger partial charge in [-0.05, 0) is 16.3 Å². The molecule has 7 heteroatoms. The first-order valence-electron chi connectivity index (χ1n) is 5.93. The van der Waals surface area contributed by atoms with E-state index in [4.69, 9.17) is 10.9 Å². The van der Waals surface area contributed by atoms with Crippen molar-refractivity contribution < 1.29 is 23.2 Å². The lowest BCUT2D eigenvalue weighted by Gasteiger charge is -2.13.